The van der Waals surface area contributed by atoms with Crippen LogP contribution in [0.2, 0.25) is 6.55 Å². The summed E-state index contributed by atoms with van der Waals surface area (Å²) in [4.78, 5) is 27.0. The lowest BCUT2D eigenvalue weighted by molar-refractivity contribution is -0.621. The van der Waals surface area contributed by atoms with E-state index in [4.69, 9.17) is 4.98 Å². The molecule has 0 saturated carbocycles. The molecule has 22 aromatic rings. The predicted octanol–water partition coefficient (Wildman–Crippen LogP) is 23.9. The molecule has 0 unspecified atom stereocenters. The Labute approximate surface area is 707 Å². The summed E-state index contributed by atoms with van der Waals surface area (Å²) < 4.78 is 13.3. The standard InChI is InChI=1S/C22H18N5.C19H18Si.C19H14.2C14H12N2.C13H13N.C8H8O/c1-24-17-11-5-6-12-18(17)27-20-14-8-7-13-19(20)26-16-10-4-3-9-15(16)23-21(26)25(2)22(24)27;1-20(17-11-5-2-6-12-17,18-13-7-3-8-14-18)19-15-9-4-10-16-19;1-13-10-11-18-16-8-3-2-6-14(16)15-7-4-5-9-17(15)19(18)12-13;1-16-13-10-6-5-9-12(13)15-14(16)11-7-3-2-4-8-11;1-11-15-13-9-5-6-10-14(13)16(11)12-7-3-2-4-8-12;1-14(12-8-4-2-5-9-12)13-10-6-3-7-11-13;1-7(9)8-5-3-2-4-6-8/h3-14H,1-2H3;2-16H,1H3;2-12H,1H3;2*2-10H,1H3;2-11H,1H3;2-6H,1H3/q+1;;;;;;. The molecule has 0 bridgehead atoms. The van der Waals surface area contributed by atoms with Crippen molar-refractivity contribution in [2.45, 2.75) is 27.3 Å². The van der Waals surface area contributed by atoms with Crippen LogP contribution in [0, 0.1) is 13.8 Å². The largest absolute Gasteiger partial charge is 0.372 e. The first-order valence-electron chi connectivity index (χ1n) is 41.0. The number of para-hydroxylation sites is 13. The maximum atomic E-state index is 10.6. The first-order chi connectivity index (χ1) is 59.3. The van der Waals surface area contributed by atoms with Gasteiger partial charge in [-0.2, -0.15) is 9.38 Å². The number of Topliss-reactive ketones (excluding diaryl/α,β-unsaturated/α-hetero) is 1. The third-order valence-electron chi connectivity index (χ3n) is 22.5. The normalized spacial score (nSPS) is 11.0. The average molecular weight is 1590 g/mol. The molecule has 11 nitrogen and oxygen atoms in total. The number of hydrogen-bond acceptors (Lipinski definition) is 5. The number of hydrogen-bond donors (Lipinski definition) is 0. The van der Waals surface area contributed by atoms with Gasteiger partial charge in [0.05, 0.1) is 52.7 Å². The van der Waals surface area contributed by atoms with Gasteiger partial charge in [0.2, 0.25) is 0 Å². The summed E-state index contributed by atoms with van der Waals surface area (Å²) in [5.41, 5.74) is 18.0. The molecule has 0 N–H and O–H groups in total. The topological polar surface area (TPSA) is 86.5 Å². The number of aryl methyl sites for hydroxylation is 5. The predicted molar refractivity (Wildman–Crippen MR) is 511 cm³/mol. The van der Waals surface area contributed by atoms with E-state index in [0.717, 1.165) is 78.6 Å². The molecular weight excluding hydrogens is 1490 g/mol. The van der Waals surface area contributed by atoms with Gasteiger partial charge in [-0.05, 0) is 166 Å². The number of fused-ring (bicyclic) bond motifs is 17. The van der Waals surface area contributed by atoms with Crippen molar-refractivity contribution in [3.8, 4) is 17.1 Å². The number of ketones is 1. The number of imidazole rings is 4. The fourth-order valence-electron chi connectivity index (χ4n) is 16.3. The smallest absolute Gasteiger partial charge is 0.345 e. The van der Waals surface area contributed by atoms with Crippen LogP contribution in [0.1, 0.15) is 28.7 Å². The van der Waals surface area contributed by atoms with Crippen molar-refractivity contribution in [3.63, 3.8) is 0 Å². The second-order valence-corrected chi connectivity index (χ2v) is 34.1. The van der Waals surface area contributed by atoms with E-state index in [9.17, 15) is 4.79 Å². The van der Waals surface area contributed by atoms with Crippen LogP contribution in [0.4, 0.5) is 11.4 Å². The lowest BCUT2D eigenvalue weighted by Gasteiger charge is -2.29. The molecular formula is C109H95N10OSi+. The van der Waals surface area contributed by atoms with Crippen LogP contribution in [0.25, 0.3) is 116 Å². The van der Waals surface area contributed by atoms with Crippen LogP contribution >= 0.6 is 0 Å². The van der Waals surface area contributed by atoms with Gasteiger partial charge in [0.25, 0.3) is 5.78 Å². The summed E-state index contributed by atoms with van der Waals surface area (Å²) in [5.74, 6) is 4.16. The van der Waals surface area contributed by atoms with E-state index in [0.29, 0.717) is 0 Å². The van der Waals surface area contributed by atoms with Crippen LogP contribution in [-0.2, 0) is 21.1 Å². The van der Waals surface area contributed by atoms with E-state index >= 15 is 0 Å². The molecule has 0 atom stereocenters. The first-order valence-corrected chi connectivity index (χ1v) is 43.5. The molecule has 0 aliphatic carbocycles. The summed E-state index contributed by atoms with van der Waals surface area (Å²) in [7, 11) is 6.46. The second-order valence-electron chi connectivity index (χ2n) is 30.2. The third kappa shape index (κ3) is 16.8. The van der Waals surface area contributed by atoms with Gasteiger partial charge in [0.15, 0.2) is 5.78 Å². The minimum absolute atomic E-state index is 0.121. The fourth-order valence-corrected chi connectivity index (χ4v) is 19.9. The Morgan fingerprint density at radius 2 is 0.719 bits per heavy atom. The van der Waals surface area contributed by atoms with E-state index in [1.807, 2.05) is 128 Å². The zero-order valence-corrected chi connectivity index (χ0v) is 70.4. The van der Waals surface area contributed by atoms with Gasteiger partial charge in [-0.1, -0.05) is 346 Å². The van der Waals surface area contributed by atoms with Crippen molar-refractivity contribution < 1.29 is 9.36 Å². The molecule has 22 rings (SSSR count). The molecule has 0 radical (unpaired) electrons. The van der Waals surface area contributed by atoms with E-state index in [1.165, 1.54) is 81.4 Å². The maximum absolute atomic E-state index is 10.6. The van der Waals surface area contributed by atoms with E-state index < -0.39 is 8.07 Å². The molecule has 0 saturated heterocycles. The minimum Gasteiger partial charge on any atom is -0.345 e. The molecule has 0 fully saturated rings. The molecule has 0 spiro atoms. The summed E-state index contributed by atoms with van der Waals surface area (Å²) in [6.45, 7) is 8.19. The van der Waals surface area contributed by atoms with Gasteiger partial charge in [0, 0.05) is 42.3 Å². The van der Waals surface area contributed by atoms with E-state index in [-0.39, 0.29) is 5.78 Å². The van der Waals surface area contributed by atoms with Gasteiger partial charge >= 0.3 is 5.78 Å². The van der Waals surface area contributed by atoms with Gasteiger partial charge in [-0.15, -0.1) is 0 Å². The second kappa shape index (κ2) is 36.6. The van der Waals surface area contributed by atoms with Gasteiger partial charge in [-0.3, -0.25) is 13.8 Å². The number of nitrogens with zero attached hydrogens (tertiary/aromatic N) is 10. The van der Waals surface area contributed by atoms with Crippen molar-refractivity contribution in [2.75, 3.05) is 11.9 Å². The Kier molecular flexibility index (Phi) is 24.1. The Hall–Kier alpha value is -15.1. The minimum atomic E-state index is -1.88. The maximum Gasteiger partial charge on any atom is 0.372 e. The molecule has 17 aromatic carbocycles. The molecule has 121 heavy (non-hydrogen) atoms. The molecule has 0 amide bonds. The van der Waals surface area contributed by atoms with Crippen molar-refractivity contribution in [1.29, 1.82) is 0 Å². The van der Waals surface area contributed by atoms with Crippen LogP contribution < -0.4 is 25.0 Å². The number of aromatic nitrogens is 9. The Morgan fingerprint density at radius 1 is 0.347 bits per heavy atom. The Bertz CT molecular complexity index is 7140. The zero-order valence-electron chi connectivity index (χ0n) is 69.4. The van der Waals surface area contributed by atoms with Crippen molar-refractivity contribution in [1.82, 2.24) is 37.5 Å². The SMILES string of the molecule is CC(=O)c1ccccc1.CN(c1ccccc1)c1ccccc1.C[Si](c1ccccc1)(c1ccccc1)c1ccccc1.Cc1ccc2c3ccccc3c3ccccc3c2c1.Cc1nc2ccccc2n1-c1ccccc1.Cn1c(-c2ccccc2)nc2ccccc21.Cn1c2nc3ccccc3n2c2ccccc2n2c3ccccc3[n+](C)c12. The number of carbonyl (C=O) groups excluding carboxylic acids is 1. The number of rotatable bonds is 8. The summed E-state index contributed by atoms with van der Waals surface area (Å²) in [6, 6.07) is 149. The molecule has 590 valence electrons. The first kappa shape index (κ1) is 79.7. The molecule has 0 aliphatic heterocycles. The summed E-state index contributed by atoms with van der Waals surface area (Å²) >= 11 is 0. The highest BCUT2D eigenvalue weighted by Crippen LogP contribution is 2.36. The summed E-state index contributed by atoms with van der Waals surface area (Å²) in [6.07, 6.45) is 0. The van der Waals surface area contributed by atoms with Gasteiger partial charge < -0.3 is 9.47 Å². The van der Waals surface area contributed by atoms with Crippen LogP contribution in [0.3, 0.4) is 0 Å². The van der Waals surface area contributed by atoms with E-state index in [2.05, 4.69) is 393 Å². The summed E-state index contributed by atoms with van der Waals surface area (Å²) in [5, 5.41) is 12.4. The lowest BCUT2D eigenvalue weighted by atomic mass is 9.93. The molecule has 5 aromatic heterocycles. The highest BCUT2D eigenvalue weighted by atomic mass is 28.3. The zero-order chi connectivity index (χ0) is 83.2. The van der Waals surface area contributed by atoms with Gasteiger partial charge in [-0.25, -0.2) is 19.1 Å². The number of anilines is 2. The van der Waals surface area contributed by atoms with Crippen molar-refractivity contribution >= 4 is 140 Å². The number of carbonyl (C=O) groups is 1. The van der Waals surface area contributed by atoms with E-state index in [1.54, 1.807) is 6.92 Å². The quantitative estimate of drug-likeness (QED) is 0.0497. The molecule has 5 heterocycles. The Balaban J connectivity index is 0.000000107. The van der Waals surface area contributed by atoms with Crippen LogP contribution in [-0.4, -0.2) is 58.4 Å². The van der Waals surface area contributed by atoms with Crippen LogP contribution in [0.15, 0.2) is 431 Å². The number of benzene rings is 17. The molecule has 12 heteroatoms. The molecule has 0 aliphatic rings. The monoisotopic (exact) mass is 1590 g/mol. The van der Waals surface area contributed by atoms with Crippen LogP contribution in [0.5, 0.6) is 0 Å². The van der Waals surface area contributed by atoms with Crippen molar-refractivity contribution in [2.24, 2.45) is 21.1 Å². The highest BCUT2D eigenvalue weighted by Gasteiger charge is 2.34. The highest BCUT2D eigenvalue weighted by molar-refractivity contribution is 7.10. The third-order valence-corrected chi connectivity index (χ3v) is 26.9. The fraction of sp³-hybridized carbons (Fsp3) is 0.0734. The van der Waals surface area contributed by atoms with Gasteiger partial charge in [0.1, 0.15) is 36.3 Å². The van der Waals surface area contributed by atoms with Crippen molar-refractivity contribution in [3.05, 3.63) is 448 Å². The lowest BCUT2D eigenvalue weighted by Crippen LogP contribution is -2.64. The average Bonchev–Trinajstić information content (AvgIpc) is 1.62. The Morgan fingerprint density at radius 3 is 1.21 bits per heavy atom.